The number of aromatic amines is 1. The fraction of sp³-hybridized carbons (Fsp3) is 0.375. The molecular weight excluding hydrogens is 410 g/mol. The Morgan fingerprint density at radius 2 is 1.87 bits per heavy atom. The molecule has 7 heteroatoms. The van der Waals surface area contributed by atoms with Gasteiger partial charge in [-0.05, 0) is 47.4 Å². The van der Waals surface area contributed by atoms with Gasteiger partial charge < -0.3 is 19.8 Å². The summed E-state index contributed by atoms with van der Waals surface area (Å²) in [5, 5.41) is 29.6. The summed E-state index contributed by atoms with van der Waals surface area (Å²) in [5.41, 5.74) is 4.99. The molecule has 0 radical (unpaired) electrons. The van der Waals surface area contributed by atoms with E-state index in [9.17, 15) is 10.2 Å². The van der Waals surface area contributed by atoms with Crippen molar-refractivity contribution >= 4 is 17.4 Å². The maximum absolute atomic E-state index is 10.7. The van der Waals surface area contributed by atoms with E-state index in [4.69, 9.17) is 4.74 Å². The van der Waals surface area contributed by atoms with Gasteiger partial charge in [0.05, 0.1) is 18.5 Å². The molecule has 0 saturated carbocycles. The standard InChI is InChI=1S/C24H31N3O3S/c1-7-10-31-24-22(15-8-9-21(30-6)18(11-15)27(4)5)23(25-26-24)17-12-16(14(2)3)19(28)13-20(17)29/h8-9,11-14,28-29H,7,10H2,1-6H3,(H,25,26). The second-order valence-electron chi connectivity index (χ2n) is 7.99. The minimum Gasteiger partial charge on any atom is -0.508 e. The highest BCUT2D eigenvalue weighted by Crippen LogP contribution is 2.45. The number of rotatable bonds is 8. The molecule has 3 aromatic rings. The van der Waals surface area contributed by atoms with Gasteiger partial charge in [-0.25, -0.2) is 0 Å². The first kappa shape index (κ1) is 22.9. The molecule has 0 saturated heterocycles. The zero-order valence-corrected chi connectivity index (χ0v) is 19.8. The molecule has 0 aliphatic carbocycles. The number of nitrogens with zero attached hydrogens (tertiary/aromatic N) is 2. The van der Waals surface area contributed by atoms with E-state index in [0.29, 0.717) is 5.56 Å². The van der Waals surface area contributed by atoms with Crippen molar-refractivity contribution in [3.05, 3.63) is 35.9 Å². The second-order valence-corrected chi connectivity index (χ2v) is 9.07. The van der Waals surface area contributed by atoms with Gasteiger partial charge in [0.25, 0.3) is 0 Å². The topological polar surface area (TPSA) is 81.6 Å². The van der Waals surface area contributed by atoms with Crippen molar-refractivity contribution in [1.82, 2.24) is 10.2 Å². The molecule has 2 aromatic carbocycles. The normalized spacial score (nSPS) is 11.2. The maximum Gasteiger partial charge on any atom is 0.142 e. The number of aromatic hydroxyl groups is 2. The van der Waals surface area contributed by atoms with Gasteiger partial charge in [-0.2, -0.15) is 5.10 Å². The lowest BCUT2D eigenvalue weighted by Gasteiger charge is -2.18. The van der Waals surface area contributed by atoms with Crippen molar-refractivity contribution < 1.29 is 14.9 Å². The first-order valence-electron chi connectivity index (χ1n) is 10.4. The molecule has 3 rings (SSSR count). The molecule has 31 heavy (non-hydrogen) atoms. The Morgan fingerprint density at radius 1 is 1.13 bits per heavy atom. The maximum atomic E-state index is 10.7. The zero-order valence-electron chi connectivity index (χ0n) is 19.0. The Labute approximate surface area is 188 Å². The third-order valence-corrected chi connectivity index (χ3v) is 6.34. The molecule has 6 nitrogen and oxygen atoms in total. The number of phenols is 2. The Morgan fingerprint density at radius 3 is 2.48 bits per heavy atom. The van der Waals surface area contributed by atoms with E-state index in [1.165, 1.54) is 6.07 Å². The number of hydrogen-bond donors (Lipinski definition) is 3. The van der Waals surface area contributed by atoms with E-state index in [1.807, 2.05) is 51.0 Å². The van der Waals surface area contributed by atoms with Gasteiger partial charge in [-0.15, -0.1) is 11.8 Å². The van der Waals surface area contributed by atoms with Crippen LogP contribution in [0.5, 0.6) is 17.2 Å². The van der Waals surface area contributed by atoms with Crippen LogP contribution < -0.4 is 9.64 Å². The third-order valence-electron chi connectivity index (χ3n) is 5.16. The quantitative estimate of drug-likeness (QED) is 0.380. The summed E-state index contributed by atoms with van der Waals surface area (Å²) in [4.78, 5) is 2.01. The monoisotopic (exact) mass is 441 g/mol. The highest BCUT2D eigenvalue weighted by molar-refractivity contribution is 7.99. The molecular formula is C24H31N3O3S. The van der Waals surface area contributed by atoms with Gasteiger partial charge in [0.15, 0.2) is 0 Å². The SMILES string of the molecule is CCCSc1n[nH]c(-c2cc(C(C)C)c(O)cc2O)c1-c1ccc(OC)c(N(C)C)c1. The third kappa shape index (κ3) is 4.61. The highest BCUT2D eigenvalue weighted by atomic mass is 32.2. The predicted octanol–water partition coefficient (Wildman–Crippen LogP) is 5.86. The van der Waals surface area contributed by atoms with Crippen LogP contribution in [0.3, 0.4) is 0 Å². The van der Waals surface area contributed by atoms with E-state index in [-0.39, 0.29) is 17.4 Å². The number of ether oxygens (including phenoxy) is 1. The summed E-state index contributed by atoms with van der Waals surface area (Å²) in [6, 6.07) is 9.29. The molecule has 0 unspecified atom stereocenters. The summed E-state index contributed by atoms with van der Waals surface area (Å²) in [6.45, 7) is 6.16. The molecule has 0 aliphatic rings. The van der Waals surface area contributed by atoms with Crippen molar-refractivity contribution in [2.75, 3.05) is 31.9 Å². The summed E-state index contributed by atoms with van der Waals surface area (Å²) < 4.78 is 5.53. The van der Waals surface area contributed by atoms with Gasteiger partial charge >= 0.3 is 0 Å². The predicted molar refractivity (Wildman–Crippen MR) is 129 cm³/mol. The smallest absolute Gasteiger partial charge is 0.142 e. The molecule has 0 fully saturated rings. The molecule has 0 spiro atoms. The lowest BCUT2D eigenvalue weighted by molar-refractivity contribution is 0.415. The lowest BCUT2D eigenvalue weighted by Crippen LogP contribution is -2.10. The number of methoxy groups -OCH3 is 1. The van der Waals surface area contributed by atoms with Crippen molar-refractivity contribution in [3.8, 4) is 39.6 Å². The number of anilines is 1. The number of benzene rings is 2. The fourth-order valence-corrected chi connectivity index (χ4v) is 4.41. The number of phenolic OH excluding ortho intramolecular Hbond substituents is 2. The second kappa shape index (κ2) is 9.56. The molecule has 0 bridgehead atoms. The fourth-order valence-electron chi connectivity index (χ4n) is 3.54. The minimum absolute atomic E-state index is 0.0141. The number of aromatic nitrogens is 2. The molecule has 0 aliphatic heterocycles. The Kier molecular flexibility index (Phi) is 7.05. The average Bonchev–Trinajstić information content (AvgIpc) is 3.14. The number of hydrogen-bond acceptors (Lipinski definition) is 6. The van der Waals surface area contributed by atoms with Gasteiger partial charge in [0.1, 0.15) is 22.3 Å². The number of H-pyrrole nitrogens is 1. The highest BCUT2D eigenvalue weighted by Gasteiger charge is 2.22. The molecule has 0 atom stereocenters. The van der Waals surface area contributed by atoms with E-state index in [0.717, 1.165) is 51.0 Å². The van der Waals surface area contributed by atoms with Crippen LogP contribution in [-0.2, 0) is 0 Å². The van der Waals surface area contributed by atoms with Crippen LogP contribution in [0, 0.1) is 0 Å². The number of nitrogens with one attached hydrogen (secondary N) is 1. The van der Waals surface area contributed by atoms with E-state index >= 15 is 0 Å². The van der Waals surface area contributed by atoms with Crippen LogP contribution in [0.15, 0.2) is 35.4 Å². The van der Waals surface area contributed by atoms with Crippen LogP contribution >= 0.6 is 11.8 Å². The van der Waals surface area contributed by atoms with Crippen LogP contribution in [0.25, 0.3) is 22.4 Å². The zero-order chi connectivity index (χ0) is 22.7. The minimum atomic E-state index is 0.0141. The molecule has 0 amide bonds. The van der Waals surface area contributed by atoms with Gasteiger partial charge in [-0.1, -0.05) is 26.8 Å². The molecule has 1 aromatic heterocycles. The van der Waals surface area contributed by atoms with Gasteiger partial charge in [0, 0.05) is 31.3 Å². The largest absolute Gasteiger partial charge is 0.508 e. The lowest BCUT2D eigenvalue weighted by atomic mass is 9.95. The van der Waals surface area contributed by atoms with Crippen LogP contribution in [0.2, 0.25) is 0 Å². The van der Waals surface area contributed by atoms with Crippen LogP contribution in [0.4, 0.5) is 5.69 Å². The molecule has 3 N–H and O–H groups in total. The first-order valence-corrected chi connectivity index (χ1v) is 11.4. The number of thioether (sulfide) groups is 1. The Balaban J connectivity index is 2.25. The Bertz CT molecular complexity index is 1060. The Hall–Kier alpha value is -2.80. The van der Waals surface area contributed by atoms with Gasteiger partial charge in [-0.3, -0.25) is 5.10 Å². The van der Waals surface area contributed by atoms with E-state index < -0.39 is 0 Å². The molecule has 166 valence electrons. The van der Waals surface area contributed by atoms with Crippen LogP contribution in [-0.4, -0.2) is 47.4 Å². The summed E-state index contributed by atoms with van der Waals surface area (Å²) in [6.07, 6.45) is 1.03. The van der Waals surface area contributed by atoms with Crippen molar-refractivity contribution in [2.24, 2.45) is 0 Å². The van der Waals surface area contributed by atoms with Crippen molar-refractivity contribution in [3.63, 3.8) is 0 Å². The summed E-state index contributed by atoms with van der Waals surface area (Å²) >= 11 is 1.68. The summed E-state index contributed by atoms with van der Waals surface area (Å²) in [7, 11) is 5.62. The van der Waals surface area contributed by atoms with Crippen molar-refractivity contribution in [1.29, 1.82) is 0 Å². The van der Waals surface area contributed by atoms with E-state index in [2.05, 4.69) is 23.2 Å². The van der Waals surface area contributed by atoms with Crippen molar-refractivity contribution in [2.45, 2.75) is 38.1 Å². The average molecular weight is 442 g/mol. The van der Waals surface area contributed by atoms with Crippen LogP contribution in [0.1, 0.15) is 38.7 Å². The van der Waals surface area contributed by atoms with Gasteiger partial charge in [0.2, 0.25) is 0 Å². The summed E-state index contributed by atoms with van der Waals surface area (Å²) in [5.74, 6) is 1.95. The van der Waals surface area contributed by atoms with E-state index in [1.54, 1.807) is 18.9 Å². The first-order chi connectivity index (χ1) is 14.8. The molecule has 1 heterocycles.